The summed E-state index contributed by atoms with van der Waals surface area (Å²) in [6, 6.07) is 18.3. The van der Waals surface area contributed by atoms with Gasteiger partial charge in [0, 0.05) is 24.1 Å². The Kier molecular flexibility index (Phi) is 5.59. The summed E-state index contributed by atoms with van der Waals surface area (Å²) in [6.45, 7) is 1.68. The summed E-state index contributed by atoms with van der Waals surface area (Å²) in [5.41, 5.74) is -0.639. The number of nitrogens with zero attached hydrogens (tertiary/aromatic N) is 1. The molecule has 3 aromatic carbocycles. The molecule has 7 nitrogen and oxygen atoms in total. The molecule has 0 bridgehead atoms. The van der Waals surface area contributed by atoms with Crippen molar-refractivity contribution in [1.82, 2.24) is 5.32 Å². The molecule has 0 aromatic heterocycles. The predicted octanol–water partition coefficient (Wildman–Crippen LogP) is 3.95. The molecule has 0 saturated heterocycles. The van der Waals surface area contributed by atoms with Gasteiger partial charge < -0.3 is 10.4 Å². The molecule has 2 N–H and O–H groups in total. The van der Waals surface area contributed by atoms with Crippen molar-refractivity contribution in [1.29, 1.82) is 0 Å². The van der Waals surface area contributed by atoms with Gasteiger partial charge in [-0.2, -0.15) is 0 Å². The number of rotatable bonds is 7. The second-order valence-corrected chi connectivity index (χ2v) is 6.82. The molecule has 0 radical (unpaired) electrons. The Labute approximate surface area is 167 Å². The van der Waals surface area contributed by atoms with E-state index in [4.69, 9.17) is 0 Å². The highest BCUT2D eigenvalue weighted by Crippen LogP contribution is 2.23. The summed E-state index contributed by atoms with van der Waals surface area (Å²) in [7, 11) is 0. The monoisotopic (exact) mass is 392 g/mol. The quantitative estimate of drug-likeness (QED) is 0.467. The Morgan fingerprint density at radius 3 is 2.31 bits per heavy atom. The van der Waals surface area contributed by atoms with Gasteiger partial charge in [-0.05, 0) is 28.8 Å². The van der Waals surface area contributed by atoms with Crippen molar-refractivity contribution >= 4 is 28.3 Å². The van der Waals surface area contributed by atoms with Crippen LogP contribution < -0.4 is 5.32 Å². The Morgan fingerprint density at radius 2 is 1.69 bits per heavy atom. The van der Waals surface area contributed by atoms with E-state index in [9.17, 15) is 24.8 Å². The maximum atomic E-state index is 13.0. The number of benzene rings is 3. The minimum atomic E-state index is -1.54. The number of carbonyl (C=O) groups is 2. The maximum Gasteiger partial charge on any atom is 0.329 e. The molecule has 0 unspecified atom stereocenters. The molecule has 3 rings (SSSR count). The number of carboxylic acids is 1. The van der Waals surface area contributed by atoms with Crippen molar-refractivity contribution in [2.45, 2.75) is 25.3 Å². The zero-order valence-electron chi connectivity index (χ0n) is 15.8. The molecular weight excluding hydrogens is 372 g/mol. The van der Waals surface area contributed by atoms with Crippen LogP contribution in [-0.2, 0) is 11.2 Å². The van der Waals surface area contributed by atoms with Crippen molar-refractivity contribution in [2.24, 2.45) is 0 Å². The summed E-state index contributed by atoms with van der Waals surface area (Å²) in [5, 5.41) is 25.1. The SMILES string of the molecule is CC[C@@](Cc1ccc([N+](=O)[O-])cc1)(NC(=O)c1cccc2ccccc12)C(=O)O. The number of nitro groups is 1. The standard InChI is InChI=1S/C22H20N2O5/c1-2-22(21(26)27,14-15-10-12-17(13-11-15)24(28)29)23-20(25)19-9-5-7-16-6-3-4-8-18(16)19/h3-13H,2,14H2,1H3,(H,23,25)(H,26,27)/t22-/m0/s1. The van der Waals surface area contributed by atoms with E-state index in [0.29, 0.717) is 11.1 Å². The van der Waals surface area contributed by atoms with Crippen LogP contribution in [0.25, 0.3) is 10.8 Å². The van der Waals surface area contributed by atoms with Crippen molar-refractivity contribution in [3.8, 4) is 0 Å². The topological polar surface area (TPSA) is 110 Å². The number of non-ortho nitro benzene ring substituents is 1. The van der Waals surface area contributed by atoms with Crippen molar-refractivity contribution in [2.75, 3.05) is 0 Å². The van der Waals surface area contributed by atoms with E-state index in [0.717, 1.165) is 10.8 Å². The summed E-state index contributed by atoms with van der Waals surface area (Å²) < 4.78 is 0. The van der Waals surface area contributed by atoms with Gasteiger partial charge in [-0.15, -0.1) is 0 Å². The lowest BCUT2D eigenvalue weighted by Gasteiger charge is -2.30. The number of nitrogens with one attached hydrogen (secondary N) is 1. The summed E-state index contributed by atoms with van der Waals surface area (Å²) in [5.74, 6) is -1.64. The Balaban J connectivity index is 1.93. The van der Waals surface area contributed by atoms with Crippen LogP contribution >= 0.6 is 0 Å². The first-order valence-corrected chi connectivity index (χ1v) is 9.13. The Morgan fingerprint density at radius 1 is 1.03 bits per heavy atom. The number of fused-ring (bicyclic) bond motifs is 1. The van der Waals surface area contributed by atoms with Crippen LogP contribution in [0, 0.1) is 10.1 Å². The molecule has 0 aliphatic heterocycles. The number of aliphatic carboxylic acids is 1. The van der Waals surface area contributed by atoms with Gasteiger partial charge in [-0.25, -0.2) is 4.79 Å². The summed E-state index contributed by atoms with van der Waals surface area (Å²) >= 11 is 0. The third-order valence-corrected chi connectivity index (χ3v) is 5.05. The zero-order valence-corrected chi connectivity index (χ0v) is 15.8. The molecule has 3 aromatic rings. The summed E-state index contributed by atoms with van der Waals surface area (Å²) in [4.78, 5) is 35.5. The molecule has 29 heavy (non-hydrogen) atoms. The van der Waals surface area contributed by atoms with Crippen molar-refractivity contribution in [3.63, 3.8) is 0 Å². The molecular formula is C22H20N2O5. The van der Waals surface area contributed by atoms with Crippen LogP contribution in [0.3, 0.4) is 0 Å². The minimum Gasteiger partial charge on any atom is -0.479 e. The van der Waals surface area contributed by atoms with Crippen LogP contribution in [0.15, 0.2) is 66.7 Å². The third kappa shape index (κ3) is 4.08. The van der Waals surface area contributed by atoms with Crippen molar-refractivity contribution in [3.05, 3.63) is 88.0 Å². The van der Waals surface area contributed by atoms with Crippen LogP contribution in [-0.4, -0.2) is 27.4 Å². The lowest BCUT2D eigenvalue weighted by atomic mass is 9.87. The molecule has 0 spiro atoms. The molecule has 0 fully saturated rings. The van der Waals surface area contributed by atoms with E-state index < -0.39 is 22.3 Å². The van der Waals surface area contributed by atoms with Gasteiger partial charge in [-0.3, -0.25) is 14.9 Å². The molecule has 148 valence electrons. The third-order valence-electron chi connectivity index (χ3n) is 5.05. The largest absolute Gasteiger partial charge is 0.479 e. The Hall–Kier alpha value is -3.74. The zero-order chi connectivity index (χ0) is 21.0. The van der Waals surface area contributed by atoms with Gasteiger partial charge in [-0.1, -0.05) is 55.5 Å². The van der Waals surface area contributed by atoms with Crippen LogP contribution in [0.5, 0.6) is 0 Å². The maximum absolute atomic E-state index is 13.0. The fourth-order valence-electron chi connectivity index (χ4n) is 3.33. The van der Waals surface area contributed by atoms with E-state index in [1.54, 1.807) is 19.1 Å². The lowest BCUT2D eigenvalue weighted by molar-refractivity contribution is -0.384. The van der Waals surface area contributed by atoms with Gasteiger partial charge in [0.1, 0.15) is 5.54 Å². The number of hydrogen-bond donors (Lipinski definition) is 2. The van der Waals surface area contributed by atoms with E-state index >= 15 is 0 Å². The molecule has 7 heteroatoms. The first-order chi connectivity index (χ1) is 13.9. The van der Waals surface area contributed by atoms with Gasteiger partial charge >= 0.3 is 5.97 Å². The highest BCUT2D eigenvalue weighted by atomic mass is 16.6. The van der Waals surface area contributed by atoms with E-state index in [2.05, 4.69) is 5.32 Å². The Bertz CT molecular complexity index is 1070. The fourth-order valence-corrected chi connectivity index (χ4v) is 3.33. The van der Waals surface area contributed by atoms with Gasteiger partial charge in [0.15, 0.2) is 0 Å². The smallest absolute Gasteiger partial charge is 0.329 e. The summed E-state index contributed by atoms with van der Waals surface area (Å²) in [6.07, 6.45) is 0.156. The molecule has 1 amide bonds. The first kappa shape index (κ1) is 20.0. The lowest BCUT2D eigenvalue weighted by Crippen LogP contribution is -2.55. The first-order valence-electron chi connectivity index (χ1n) is 9.13. The van der Waals surface area contributed by atoms with E-state index in [1.807, 2.05) is 30.3 Å². The number of hydrogen-bond acceptors (Lipinski definition) is 4. The number of carbonyl (C=O) groups excluding carboxylic acids is 1. The fraction of sp³-hybridized carbons (Fsp3) is 0.182. The van der Waals surface area contributed by atoms with Crippen LogP contribution in [0.2, 0.25) is 0 Å². The van der Waals surface area contributed by atoms with Crippen molar-refractivity contribution < 1.29 is 19.6 Å². The molecule has 0 aliphatic carbocycles. The number of nitro benzene ring substituents is 1. The average Bonchev–Trinajstić information content (AvgIpc) is 2.72. The number of carboxylic acid groups (broad SMARTS) is 1. The van der Waals surface area contributed by atoms with E-state index in [-0.39, 0.29) is 18.5 Å². The van der Waals surface area contributed by atoms with Crippen LogP contribution in [0.4, 0.5) is 5.69 Å². The van der Waals surface area contributed by atoms with Gasteiger partial charge in [0.2, 0.25) is 0 Å². The highest BCUT2D eigenvalue weighted by Gasteiger charge is 2.39. The second-order valence-electron chi connectivity index (χ2n) is 6.82. The molecule has 0 saturated carbocycles. The molecule has 0 aliphatic rings. The van der Waals surface area contributed by atoms with Crippen LogP contribution in [0.1, 0.15) is 29.3 Å². The normalized spacial score (nSPS) is 12.9. The number of amides is 1. The van der Waals surface area contributed by atoms with Gasteiger partial charge in [0.05, 0.1) is 4.92 Å². The predicted molar refractivity (Wildman–Crippen MR) is 109 cm³/mol. The average molecular weight is 392 g/mol. The van der Waals surface area contributed by atoms with Gasteiger partial charge in [0.25, 0.3) is 11.6 Å². The molecule has 1 atom stereocenters. The minimum absolute atomic E-state index is 0.00728. The van der Waals surface area contributed by atoms with E-state index in [1.165, 1.54) is 24.3 Å². The second kappa shape index (κ2) is 8.10. The highest BCUT2D eigenvalue weighted by molar-refractivity contribution is 6.08. The molecule has 0 heterocycles.